The van der Waals surface area contributed by atoms with Crippen molar-refractivity contribution < 1.29 is 5.11 Å². The molecule has 158 valence electrons. The van der Waals surface area contributed by atoms with Crippen molar-refractivity contribution in [3.63, 3.8) is 0 Å². The van der Waals surface area contributed by atoms with Gasteiger partial charge in [-0.2, -0.15) is 5.10 Å². The fourth-order valence-corrected chi connectivity index (χ4v) is 4.29. The molecule has 4 aromatic rings. The Balaban J connectivity index is 1.40. The Bertz CT molecular complexity index is 1220. The highest BCUT2D eigenvalue weighted by Crippen LogP contribution is 2.31. The Hall–Kier alpha value is -3.52. The molecule has 8 heteroatoms. The summed E-state index contributed by atoms with van der Waals surface area (Å²) in [6.07, 6.45) is 3.58. The second-order valence-corrected chi connectivity index (χ2v) is 8.28. The van der Waals surface area contributed by atoms with Gasteiger partial charge in [-0.3, -0.25) is 4.68 Å². The van der Waals surface area contributed by atoms with E-state index in [1.54, 1.807) is 12.3 Å². The average molecular weight is 416 g/mol. The Morgan fingerprint density at radius 3 is 2.48 bits per heavy atom. The van der Waals surface area contributed by atoms with Crippen molar-refractivity contribution in [2.45, 2.75) is 25.9 Å². The molecule has 0 bridgehead atoms. The standard InChI is InChI=1S/C23H25N7O/c1-14-12-30(13-15(2)26-14)22-7-5-19(27-28-22)23-21(31)9-17(10-24-23)16-4-6-20-18(8-16)11-25-29(20)3/h4-11,14-15,26,31H,12-13H2,1-3H3/t14-,15+. The first-order chi connectivity index (χ1) is 15.0. The van der Waals surface area contributed by atoms with Crippen LogP contribution in [0.3, 0.4) is 0 Å². The van der Waals surface area contributed by atoms with E-state index in [9.17, 15) is 5.11 Å². The van der Waals surface area contributed by atoms with Gasteiger partial charge < -0.3 is 15.3 Å². The van der Waals surface area contributed by atoms with Gasteiger partial charge in [0.05, 0.1) is 11.7 Å². The fraction of sp³-hybridized carbons (Fsp3) is 0.304. The van der Waals surface area contributed by atoms with Crippen molar-refractivity contribution in [2.75, 3.05) is 18.0 Å². The predicted octanol–water partition coefficient (Wildman–Crippen LogP) is 2.98. The topological polar surface area (TPSA) is 92.0 Å². The molecule has 0 saturated carbocycles. The van der Waals surface area contributed by atoms with Gasteiger partial charge in [-0.25, -0.2) is 4.98 Å². The van der Waals surface area contributed by atoms with Crippen LogP contribution in [0.4, 0.5) is 5.82 Å². The Labute approximate surface area is 180 Å². The van der Waals surface area contributed by atoms with Crippen LogP contribution in [0.15, 0.2) is 48.8 Å². The molecule has 4 heterocycles. The molecular formula is C23H25N7O. The quantitative estimate of drug-likeness (QED) is 0.531. The molecule has 2 N–H and O–H groups in total. The second kappa shape index (κ2) is 7.63. The molecule has 1 aliphatic rings. The summed E-state index contributed by atoms with van der Waals surface area (Å²) in [7, 11) is 1.92. The number of rotatable bonds is 3. The third kappa shape index (κ3) is 3.70. The highest BCUT2D eigenvalue weighted by atomic mass is 16.3. The number of fused-ring (bicyclic) bond motifs is 1. The van der Waals surface area contributed by atoms with Gasteiger partial charge in [0, 0.05) is 49.4 Å². The SMILES string of the molecule is C[C@@H]1CN(c2ccc(-c3ncc(-c4ccc5c(cnn5C)c4)cc3O)nn2)C[C@H](C)N1. The minimum atomic E-state index is 0.0789. The molecule has 1 saturated heterocycles. The van der Waals surface area contributed by atoms with E-state index in [4.69, 9.17) is 0 Å². The van der Waals surface area contributed by atoms with Crippen LogP contribution in [0.5, 0.6) is 5.75 Å². The number of anilines is 1. The van der Waals surface area contributed by atoms with Gasteiger partial charge in [-0.05, 0) is 49.7 Å². The van der Waals surface area contributed by atoms with Crippen LogP contribution < -0.4 is 10.2 Å². The molecule has 0 amide bonds. The Morgan fingerprint density at radius 1 is 0.968 bits per heavy atom. The molecular weight excluding hydrogens is 390 g/mol. The van der Waals surface area contributed by atoms with E-state index >= 15 is 0 Å². The smallest absolute Gasteiger partial charge is 0.151 e. The normalized spacial score (nSPS) is 19.1. The van der Waals surface area contributed by atoms with Crippen molar-refractivity contribution in [1.82, 2.24) is 30.3 Å². The molecule has 31 heavy (non-hydrogen) atoms. The van der Waals surface area contributed by atoms with Crippen LogP contribution in [-0.2, 0) is 7.05 Å². The number of benzene rings is 1. The van der Waals surface area contributed by atoms with E-state index in [0.717, 1.165) is 40.9 Å². The van der Waals surface area contributed by atoms with Gasteiger partial charge in [-0.1, -0.05) is 6.07 Å². The number of pyridine rings is 1. The minimum absolute atomic E-state index is 0.0789. The lowest BCUT2D eigenvalue weighted by Crippen LogP contribution is -2.54. The molecule has 0 radical (unpaired) electrons. The first-order valence-electron chi connectivity index (χ1n) is 10.4. The lowest BCUT2D eigenvalue weighted by Gasteiger charge is -2.36. The molecule has 1 aromatic carbocycles. The van der Waals surface area contributed by atoms with E-state index in [0.29, 0.717) is 23.5 Å². The van der Waals surface area contributed by atoms with Gasteiger partial charge in [-0.15, -0.1) is 10.2 Å². The molecule has 0 spiro atoms. The second-order valence-electron chi connectivity index (χ2n) is 8.28. The molecule has 0 unspecified atom stereocenters. The van der Waals surface area contributed by atoms with Crippen molar-refractivity contribution in [3.05, 3.63) is 48.8 Å². The van der Waals surface area contributed by atoms with Crippen LogP contribution in [-0.4, -0.2) is 55.2 Å². The van der Waals surface area contributed by atoms with Gasteiger partial charge in [0.2, 0.25) is 0 Å². The molecule has 3 aromatic heterocycles. The van der Waals surface area contributed by atoms with Crippen molar-refractivity contribution >= 4 is 16.7 Å². The number of aromatic hydroxyl groups is 1. The maximum atomic E-state index is 10.6. The third-order valence-electron chi connectivity index (χ3n) is 5.72. The number of nitrogens with one attached hydrogen (secondary N) is 1. The predicted molar refractivity (Wildman–Crippen MR) is 121 cm³/mol. The van der Waals surface area contributed by atoms with E-state index < -0.39 is 0 Å². The number of hydrogen-bond acceptors (Lipinski definition) is 7. The summed E-state index contributed by atoms with van der Waals surface area (Å²) in [6.45, 7) is 6.11. The van der Waals surface area contributed by atoms with E-state index in [1.165, 1.54) is 0 Å². The highest BCUT2D eigenvalue weighted by Gasteiger charge is 2.22. The molecule has 2 atom stereocenters. The average Bonchev–Trinajstić information content (AvgIpc) is 3.13. The maximum Gasteiger partial charge on any atom is 0.151 e. The number of aryl methyl sites for hydroxylation is 1. The van der Waals surface area contributed by atoms with E-state index in [-0.39, 0.29) is 5.75 Å². The zero-order valence-electron chi connectivity index (χ0n) is 17.8. The lowest BCUT2D eigenvalue weighted by molar-refractivity contribution is 0.404. The summed E-state index contributed by atoms with van der Waals surface area (Å²) in [6, 6.07) is 12.4. The number of aromatic nitrogens is 5. The summed E-state index contributed by atoms with van der Waals surface area (Å²) < 4.78 is 1.84. The zero-order chi connectivity index (χ0) is 21.5. The van der Waals surface area contributed by atoms with Crippen LogP contribution in [0.1, 0.15) is 13.8 Å². The van der Waals surface area contributed by atoms with Gasteiger partial charge >= 0.3 is 0 Å². The Morgan fingerprint density at radius 2 is 1.77 bits per heavy atom. The third-order valence-corrected chi connectivity index (χ3v) is 5.72. The minimum Gasteiger partial charge on any atom is -0.506 e. The largest absolute Gasteiger partial charge is 0.506 e. The first kappa shape index (κ1) is 19.4. The van der Waals surface area contributed by atoms with Crippen molar-refractivity contribution in [2.24, 2.45) is 7.05 Å². The molecule has 1 aliphatic heterocycles. The lowest BCUT2D eigenvalue weighted by atomic mass is 10.0. The molecule has 8 nitrogen and oxygen atoms in total. The summed E-state index contributed by atoms with van der Waals surface area (Å²) in [5.41, 5.74) is 3.83. The van der Waals surface area contributed by atoms with Crippen LogP contribution in [0.2, 0.25) is 0 Å². The summed E-state index contributed by atoms with van der Waals surface area (Å²) in [5.74, 6) is 0.917. The number of nitrogens with zero attached hydrogens (tertiary/aromatic N) is 6. The molecule has 0 aliphatic carbocycles. The first-order valence-corrected chi connectivity index (χ1v) is 10.4. The highest BCUT2D eigenvalue weighted by molar-refractivity contribution is 5.85. The number of hydrogen-bond donors (Lipinski definition) is 2. The Kier molecular flexibility index (Phi) is 4.78. The fourth-order valence-electron chi connectivity index (χ4n) is 4.29. The summed E-state index contributed by atoms with van der Waals surface area (Å²) in [5, 5.41) is 28.2. The van der Waals surface area contributed by atoms with Crippen LogP contribution >= 0.6 is 0 Å². The zero-order valence-corrected chi connectivity index (χ0v) is 17.8. The van der Waals surface area contributed by atoms with E-state index in [1.807, 2.05) is 48.3 Å². The monoisotopic (exact) mass is 415 g/mol. The summed E-state index contributed by atoms with van der Waals surface area (Å²) >= 11 is 0. The van der Waals surface area contributed by atoms with Crippen LogP contribution in [0.25, 0.3) is 33.4 Å². The molecule has 5 rings (SSSR count). The molecule has 1 fully saturated rings. The van der Waals surface area contributed by atoms with E-state index in [2.05, 4.69) is 44.3 Å². The summed E-state index contributed by atoms with van der Waals surface area (Å²) in [4.78, 5) is 6.71. The van der Waals surface area contributed by atoms with Gasteiger partial charge in [0.25, 0.3) is 0 Å². The van der Waals surface area contributed by atoms with Gasteiger partial charge in [0.15, 0.2) is 5.82 Å². The van der Waals surface area contributed by atoms with Crippen molar-refractivity contribution in [3.8, 4) is 28.3 Å². The van der Waals surface area contributed by atoms with Crippen molar-refractivity contribution in [1.29, 1.82) is 0 Å². The maximum absolute atomic E-state index is 10.6. The van der Waals surface area contributed by atoms with Crippen LogP contribution in [0, 0.1) is 0 Å². The van der Waals surface area contributed by atoms with Gasteiger partial charge in [0.1, 0.15) is 17.1 Å². The number of piperazine rings is 1.